The topological polar surface area (TPSA) is 128 Å². The van der Waals surface area contributed by atoms with Crippen LogP contribution in [0.4, 0.5) is 16.3 Å². The van der Waals surface area contributed by atoms with E-state index in [1.54, 1.807) is 53.8 Å². The van der Waals surface area contributed by atoms with Crippen LogP contribution in [-0.4, -0.2) is 58.1 Å². The van der Waals surface area contributed by atoms with Crippen molar-refractivity contribution < 1.29 is 23.9 Å². The van der Waals surface area contributed by atoms with E-state index in [-0.39, 0.29) is 11.6 Å². The van der Waals surface area contributed by atoms with Crippen molar-refractivity contribution in [2.24, 2.45) is 0 Å². The molecule has 36 heavy (non-hydrogen) atoms. The molecule has 5 rings (SSSR count). The number of imidazole rings is 1. The third-order valence-electron chi connectivity index (χ3n) is 5.98. The fourth-order valence-corrected chi connectivity index (χ4v) is 4.25. The first kappa shape index (κ1) is 23.0. The zero-order valence-corrected chi connectivity index (χ0v) is 19.6. The Morgan fingerprint density at radius 3 is 2.58 bits per heavy atom. The zero-order valence-electron chi connectivity index (χ0n) is 19.6. The van der Waals surface area contributed by atoms with Gasteiger partial charge in [0.1, 0.15) is 11.5 Å². The molecule has 11 heteroatoms. The summed E-state index contributed by atoms with van der Waals surface area (Å²) in [5.74, 6) is -0.373. The second kappa shape index (κ2) is 9.45. The number of aromatic nitrogens is 4. The highest BCUT2D eigenvalue weighted by Crippen LogP contribution is 2.31. The minimum atomic E-state index is -0.609. The maximum absolute atomic E-state index is 13.6. The lowest BCUT2D eigenvalue weighted by Gasteiger charge is -2.30. The Labute approximate surface area is 205 Å². The molecular weight excluding hydrogens is 464 g/mol. The third kappa shape index (κ3) is 4.11. The van der Waals surface area contributed by atoms with Gasteiger partial charge in [-0.3, -0.25) is 14.5 Å². The van der Waals surface area contributed by atoms with Gasteiger partial charge in [0.15, 0.2) is 5.69 Å². The van der Waals surface area contributed by atoms with E-state index in [0.29, 0.717) is 47.7 Å². The van der Waals surface area contributed by atoms with Crippen LogP contribution in [0.2, 0.25) is 0 Å². The van der Waals surface area contributed by atoms with Crippen LogP contribution in [0.3, 0.4) is 0 Å². The first-order valence-electron chi connectivity index (χ1n) is 11.2. The Hall–Kier alpha value is -4.80. The number of amides is 2. The van der Waals surface area contributed by atoms with Gasteiger partial charge in [-0.1, -0.05) is 0 Å². The summed E-state index contributed by atoms with van der Waals surface area (Å²) < 4.78 is 11.3. The molecule has 0 saturated heterocycles. The van der Waals surface area contributed by atoms with Crippen LogP contribution in [0.1, 0.15) is 32.8 Å². The van der Waals surface area contributed by atoms with Gasteiger partial charge in [-0.05, 0) is 43.2 Å². The number of carbonyl (C=O) groups excluding carboxylic acids is 3. The second-order valence-electron chi connectivity index (χ2n) is 8.05. The van der Waals surface area contributed by atoms with E-state index in [1.165, 1.54) is 20.4 Å². The predicted octanol–water partition coefficient (Wildman–Crippen LogP) is 3.35. The van der Waals surface area contributed by atoms with Gasteiger partial charge in [-0.2, -0.15) is 0 Å². The minimum Gasteiger partial charge on any atom is -0.464 e. The van der Waals surface area contributed by atoms with Crippen molar-refractivity contribution in [1.82, 2.24) is 19.4 Å². The normalized spacial score (nSPS) is 12.7. The van der Waals surface area contributed by atoms with Gasteiger partial charge in [0, 0.05) is 36.3 Å². The maximum Gasteiger partial charge on any atom is 0.412 e. The molecule has 0 saturated carbocycles. The van der Waals surface area contributed by atoms with E-state index < -0.39 is 12.1 Å². The van der Waals surface area contributed by atoms with Crippen LogP contribution in [-0.2, 0) is 15.9 Å². The van der Waals surface area contributed by atoms with Crippen molar-refractivity contribution in [3.63, 3.8) is 0 Å². The fourth-order valence-electron chi connectivity index (χ4n) is 4.25. The van der Waals surface area contributed by atoms with E-state index in [9.17, 15) is 14.4 Å². The SMILES string of the molecule is COC(=O)Nc1ccc(-c2cnc3ccc(C(=O)N4CCCc5c4ccnc5C(=O)OC)cn23)cn1. The lowest BCUT2D eigenvalue weighted by molar-refractivity contribution is 0.0592. The average molecular weight is 486 g/mol. The quantitative estimate of drug-likeness (QED) is 0.435. The molecule has 5 heterocycles. The number of anilines is 2. The number of nitrogens with zero attached hydrogens (tertiary/aromatic N) is 5. The smallest absolute Gasteiger partial charge is 0.412 e. The molecule has 1 N–H and O–H groups in total. The molecular formula is C25H22N6O5. The van der Waals surface area contributed by atoms with Crippen molar-refractivity contribution in [3.05, 3.63) is 71.9 Å². The molecule has 0 fully saturated rings. The van der Waals surface area contributed by atoms with Crippen LogP contribution in [0.25, 0.3) is 16.9 Å². The number of pyridine rings is 3. The van der Waals surface area contributed by atoms with E-state index in [0.717, 1.165) is 11.3 Å². The molecule has 4 aromatic heterocycles. The highest BCUT2D eigenvalue weighted by atomic mass is 16.5. The third-order valence-corrected chi connectivity index (χ3v) is 5.98. The molecule has 0 unspecified atom stereocenters. The summed E-state index contributed by atoms with van der Waals surface area (Å²) in [6.45, 7) is 0.518. The van der Waals surface area contributed by atoms with Gasteiger partial charge in [-0.15, -0.1) is 0 Å². The van der Waals surface area contributed by atoms with Gasteiger partial charge in [0.2, 0.25) is 0 Å². The van der Waals surface area contributed by atoms with Gasteiger partial charge >= 0.3 is 12.1 Å². The van der Waals surface area contributed by atoms with E-state index in [2.05, 4.69) is 25.0 Å². The summed E-state index contributed by atoms with van der Waals surface area (Å²) in [6, 6.07) is 8.69. The van der Waals surface area contributed by atoms with E-state index in [1.807, 2.05) is 4.40 Å². The maximum atomic E-state index is 13.6. The number of carbonyl (C=O) groups is 3. The number of hydrogen-bond donors (Lipinski definition) is 1. The zero-order chi connectivity index (χ0) is 25.2. The van der Waals surface area contributed by atoms with Crippen molar-refractivity contribution >= 4 is 35.1 Å². The Balaban J connectivity index is 1.48. The van der Waals surface area contributed by atoms with Crippen molar-refractivity contribution in [2.75, 3.05) is 31.0 Å². The summed E-state index contributed by atoms with van der Waals surface area (Å²) in [5, 5.41) is 2.51. The Bertz CT molecular complexity index is 1480. The minimum absolute atomic E-state index is 0.199. The largest absolute Gasteiger partial charge is 0.464 e. The van der Waals surface area contributed by atoms with Gasteiger partial charge in [0.05, 0.1) is 37.4 Å². The van der Waals surface area contributed by atoms with Crippen LogP contribution >= 0.6 is 0 Å². The number of fused-ring (bicyclic) bond motifs is 2. The molecule has 1 aliphatic heterocycles. The fraction of sp³-hybridized carbons (Fsp3) is 0.200. The molecule has 0 aliphatic carbocycles. The lowest BCUT2D eigenvalue weighted by atomic mass is 9.99. The molecule has 11 nitrogen and oxygen atoms in total. The van der Waals surface area contributed by atoms with Crippen molar-refractivity contribution in [1.29, 1.82) is 0 Å². The summed E-state index contributed by atoms with van der Waals surface area (Å²) in [6.07, 6.45) is 7.27. The van der Waals surface area contributed by atoms with Gasteiger partial charge < -0.3 is 14.4 Å². The van der Waals surface area contributed by atoms with E-state index >= 15 is 0 Å². The summed E-state index contributed by atoms with van der Waals surface area (Å²) >= 11 is 0. The van der Waals surface area contributed by atoms with E-state index in [4.69, 9.17) is 4.74 Å². The van der Waals surface area contributed by atoms with Gasteiger partial charge in [-0.25, -0.2) is 24.5 Å². The molecule has 182 valence electrons. The average Bonchev–Trinajstić information content (AvgIpc) is 3.35. The monoisotopic (exact) mass is 486 g/mol. The summed E-state index contributed by atoms with van der Waals surface area (Å²) in [5.41, 5.74) is 4.20. The first-order chi connectivity index (χ1) is 17.5. The first-order valence-corrected chi connectivity index (χ1v) is 11.2. The lowest BCUT2D eigenvalue weighted by Crippen LogP contribution is -2.36. The summed E-state index contributed by atoms with van der Waals surface area (Å²) in [7, 11) is 2.59. The Morgan fingerprint density at radius 2 is 1.83 bits per heavy atom. The molecule has 4 aromatic rings. The molecule has 1 aliphatic rings. The van der Waals surface area contributed by atoms with Crippen LogP contribution in [0, 0.1) is 0 Å². The standard InChI is InChI=1S/C25H22N6O5/c1-35-24(33)22-17-4-3-11-30(18(17)9-10-26-22)23(32)16-6-8-21-28-13-19(31(21)14-16)15-5-7-20(27-12-15)29-25(34)36-2/h5-10,12-14H,3-4,11H2,1-2H3,(H,27,29,34). The van der Waals surface area contributed by atoms with Gasteiger partial charge in [0.25, 0.3) is 5.91 Å². The Morgan fingerprint density at radius 1 is 0.972 bits per heavy atom. The number of nitrogens with one attached hydrogen (secondary N) is 1. The number of ether oxygens (including phenoxy) is 2. The molecule has 0 atom stereocenters. The molecule has 0 bridgehead atoms. The molecule has 0 radical (unpaired) electrons. The predicted molar refractivity (Wildman–Crippen MR) is 130 cm³/mol. The van der Waals surface area contributed by atoms with Crippen LogP contribution in [0.5, 0.6) is 0 Å². The Kier molecular flexibility index (Phi) is 6.03. The van der Waals surface area contributed by atoms with Crippen LogP contribution < -0.4 is 10.2 Å². The highest BCUT2D eigenvalue weighted by molar-refractivity contribution is 6.07. The number of methoxy groups -OCH3 is 2. The highest BCUT2D eigenvalue weighted by Gasteiger charge is 2.28. The molecule has 0 spiro atoms. The molecule has 0 aromatic carbocycles. The number of esters is 1. The summed E-state index contributed by atoms with van der Waals surface area (Å²) in [4.78, 5) is 51.7. The van der Waals surface area contributed by atoms with Crippen molar-refractivity contribution in [2.45, 2.75) is 12.8 Å². The second-order valence-corrected chi connectivity index (χ2v) is 8.05. The number of rotatable bonds is 4. The molecule has 2 amide bonds. The van der Waals surface area contributed by atoms with Crippen molar-refractivity contribution in [3.8, 4) is 11.3 Å². The van der Waals surface area contributed by atoms with Crippen LogP contribution in [0.15, 0.2) is 55.1 Å². The number of hydrogen-bond acceptors (Lipinski definition) is 8.